The Kier molecular flexibility index (Phi) is 5.75. The number of carbonyl (C=O) groups is 1. The average molecular weight is 461 g/mol. The zero-order valence-electron chi connectivity index (χ0n) is 18.2. The number of carbonyl (C=O) groups excluding carboxylic acids is 1. The van der Waals surface area contributed by atoms with E-state index in [4.69, 9.17) is 0 Å². The van der Waals surface area contributed by atoms with Crippen molar-refractivity contribution in [3.8, 4) is 0 Å². The number of hydrogen-bond donors (Lipinski definition) is 1. The Morgan fingerprint density at radius 2 is 1.71 bits per heavy atom. The zero-order valence-corrected chi connectivity index (χ0v) is 18.2. The number of nitrogens with one attached hydrogen (secondary N) is 1. The Labute approximate surface area is 193 Å². The summed E-state index contributed by atoms with van der Waals surface area (Å²) in [7, 11) is 0. The molecule has 5 rings (SSSR count). The van der Waals surface area contributed by atoms with Crippen LogP contribution < -0.4 is 10.5 Å². The number of aromatic amines is 1. The van der Waals surface area contributed by atoms with Crippen LogP contribution in [0.3, 0.4) is 0 Å². The van der Waals surface area contributed by atoms with Gasteiger partial charge >= 0.3 is 0 Å². The van der Waals surface area contributed by atoms with Crippen LogP contribution in [0.4, 0.5) is 14.6 Å². The van der Waals surface area contributed by atoms with Crippen molar-refractivity contribution in [3.05, 3.63) is 99.6 Å². The second-order valence-electron chi connectivity index (χ2n) is 8.13. The highest BCUT2D eigenvalue weighted by molar-refractivity contribution is 5.95. The normalized spacial score (nSPS) is 13.9. The van der Waals surface area contributed by atoms with Crippen LogP contribution in [0.2, 0.25) is 0 Å². The smallest absolute Gasteiger partial charge is 0.272 e. The van der Waals surface area contributed by atoms with Gasteiger partial charge in [-0.25, -0.2) is 18.9 Å². The molecular formula is C25H21F2N5O2. The van der Waals surface area contributed by atoms with Gasteiger partial charge in [0.2, 0.25) is 0 Å². The minimum Gasteiger partial charge on any atom is -0.353 e. The predicted molar refractivity (Wildman–Crippen MR) is 124 cm³/mol. The summed E-state index contributed by atoms with van der Waals surface area (Å²) < 4.78 is 29.2. The molecule has 172 valence electrons. The van der Waals surface area contributed by atoms with E-state index in [2.05, 4.69) is 15.2 Å². The van der Waals surface area contributed by atoms with Gasteiger partial charge in [0, 0.05) is 44.2 Å². The molecule has 0 aliphatic carbocycles. The third-order valence-corrected chi connectivity index (χ3v) is 6.01. The summed E-state index contributed by atoms with van der Waals surface area (Å²) in [5, 5.41) is 7.61. The molecule has 4 aromatic rings. The molecule has 0 radical (unpaired) electrons. The van der Waals surface area contributed by atoms with Crippen molar-refractivity contribution in [2.45, 2.75) is 6.42 Å². The fraction of sp³-hybridized carbons (Fsp3) is 0.200. The topological polar surface area (TPSA) is 82.2 Å². The van der Waals surface area contributed by atoms with E-state index >= 15 is 0 Å². The van der Waals surface area contributed by atoms with Crippen molar-refractivity contribution in [1.29, 1.82) is 0 Å². The summed E-state index contributed by atoms with van der Waals surface area (Å²) in [6.07, 6.45) is 1.83. The van der Waals surface area contributed by atoms with E-state index in [1.54, 1.807) is 30.5 Å². The first-order chi connectivity index (χ1) is 16.5. The lowest BCUT2D eigenvalue weighted by molar-refractivity contribution is 0.0740. The lowest BCUT2D eigenvalue weighted by Crippen LogP contribution is -2.49. The van der Waals surface area contributed by atoms with Crippen molar-refractivity contribution in [2.24, 2.45) is 0 Å². The highest BCUT2D eigenvalue weighted by Gasteiger charge is 2.26. The monoisotopic (exact) mass is 461 g/mol. The summed E-state index contributed by atoms with van der Waals surface area (Å²) in [4.78, 5) is 33.0. The fourth-order valence-electron chi connectivity index (χ4n) is 4.25. The molecule has 1 amide bonds. The summed E-state index contributed by atoms with van der Waals surface area (Å²) in [6.45, 7) is 1.82. The molecule has 1 aliphatic rings. The lowest BCUT2D eigenvalue weighted by atomic mass is 10.0. The molecule has 9 heteroatoms. The van der Waals surface area contributed by atoms with Crippen LogP contribution in [0.5, 0.6) is 0 Å². The maximum absolute atomic E-state index is 14.7. The highest BCUT2D eigenvalue weighted by atomic mass is 19.2. The second-order valence-corrected chi connectivity index (χ2v) is 8.13. The van der Waals surface area contributed by atoms with Crippen LogP contribution in [-0.2, 0) is 6.42 Å². The van der Waals surface area contributed by atoms with Gasteiger partial charge in [-0.15, -0.1) is 0 Å². The standard InChI is InChI=1S/C25H21F2N5O2/c26-20-14-16(15-21-17-5-1-2-6-18(17)24(33)30-29-21)13-19(23(20)27)25(34)32-11-9-31(10-12-32)22-7-3-4-8-28-22/h1-8,13-14H,9-12,15H2,(H,30,33). The van der Waals surface area contributed by atoms with Crippen LogP contribution in [-0.4, -0.2) is 52.2 Å². The molecule has 1 aliphatic heterocycles. The van der Waals surface area contributed by atoms with Crippen molar-refractivity contribution in [2.75, 3.05) is 31.1 Å². The van der Waals surface area contributed by atoms with Crippen molar-refractivity contribution >= 4 is 22.5 Å². The predicted octanol–water partition coefficient (Wildman–Crippen LogP) is 3.15. The van der Waals surface area contributed by atoms with Crippen LogP contribution in [0, 0.1) is 11.6 Å². The lowest BCUT2D eigenvalue weighted by Gasteiger charge is -2.35. The van der Waals surface area contributed by atoms with Crippen LogP contribution >= 0.6 is 0 Å². The molecule has 1 fully saturated rings. The first-order valence-electron chi connectivity index (χ1n) is 10.9. The fourth-order valence-corrected chi connectivity index (χ4v) is 4.25. The number of anilines is 1. The van der Waals surface area contributed by atoms with Gasteiger partial charge in [-0.1, -0.05) is 24.3 Å². The molecule has 0 bridgehead atoms. The Morgan fingerprint density at radius 1 is 0.971 bits per heavy atom. The molecular weight excluding hydrogens is 440 g/mol. The van der Waals surface area contributed by atoms with Crippen LogP contribution in [0.1, 0.15) is 21.6 Å². The molecule has 0 spiro atoms. The minimum atomic E-state index is -1.17. The summed E-state index contributed by atoms with van der Waals surface area (Å²) in [6, 6.07) is 15.0. The van der Waals surface area contributed by atoms with Crippen molar-refractivity contribution < 1.29 is 13.6 Å². The molecule has 0 unspecified atom stereocenters. The molecule has 1 N–H and O–H groups in total. The highest BCUT2D eigenvalue weighted by Crippen LogP contribution is 2.22. The Morgan fingerprint density at radius 3 is 2.44 bits per heavy atom. The van der Waals surface area contributed by atoms with Gasteiger partial charge in [-0.2, -0.15) is 5.10 Å². The number of rotatable bonds is 4. The largest absolute Gasteiger partial charge is 0.353 e. The SMILES string of the molecule is O=C(c1cc(Cc2n[nH]c(=O)c3ccccc23)cc(F)c1F)N1CCN(c2ccccn2)CC1. The van der Waals surface area contributed by atoms with E-state index in [9.17, 15) is 18.4 Å². The number of piperazine rings is 1. The van der Waals surface area contributed by atoms with E-state index in [0.29, 0.717) is 48.2 Å². The van der Waals surface area contributed by atoms with Gasteiger partial charge in [0.15, 0.2) is 11.6 Å². The summed E-state index contributed by atoms with van der Waals surface area (Å²) in [5.41, 5.74) is 0.253. The number of halogens is 2. The summed E-state index contributed by atoms with van der Waals surface area (Å²) >= 11 is 0. The molecule has 0 atom stereocenters. The van der Waals surface area contributed by atoms with E-state index in [0.717, 1.165) is 11.9 Å². The van der Waals surface area contributed by atoms with Gasteiger partial charge < -0.3 is 9.80 Å². The second kappa shape index (κ2) is 9.01. The number of fused-ring (bicyclic) bond motifs is 1. The number of amides is 1. The quantitative estimate of drug-likeness (QED) is 0.505. The van der Waals surface area contributed by atoms with Gasteiger partial charge in [0.05, 0.1) is 16.6 Å². The Balaban J connectivity index is 1.39. The Hall–Kier alpha value is -4.14. The number of benzene rings is 2. The van der Waals surface area contributed by atoms with E-state index in [1.165, 1.54) is 11.0 Å². The maximum atomic E-state index is 14.7. The first kappa shape index (κ1) is 21.7. The number of nitrogens with zero attached hydrogens (tertiary/aromatic N) is 4. The number of hydrogen-bond acceptors (Lipinski definition) is 5. The third-order valence-electron chi connectivity index (χ3n) is 6.01. The van der Waals surface area contributed by atoms with E-state index < -0.39 is 17.5 Å². The maximum Gasteiger partial charge on any atom is 0.272 e. The molecule has 34 heavy (non-hydrogen) atoms. The molecule has 7 nitrogen and oxygen atoms in total. The van der Waals surface area contributed by atoms with Crippen LogP contribution in [0.25, 0.3) is 10.8 Å². The number of pyridine rings is 1. The van der Waals surface area contributed by atoms with Gasteiger partial charge in [-0.3, -0.25) is 9.59 Å². The molecule has 0 saturated carbocycles. The van der Waals surface area contributed by atoms with Gasteiger partial charge in [0.1, 0.15) is 5.82 Å². The summed E-state index contributed by atoms with van der Waals surface area (Å²) in [5.74, 6) is -2.01. The van der Waals surface area contributed by atoms with Gasteiger partial charge in [0.25, 0.3) is 11.5 Å². The minimum absolute atomic E-state index is 0.127. The van der Waals surface area contributed by atoms with Gasteiger partial charge in [-0.05, 0) is 35.9 Å². The molecule has 3 heterocycles. The molecule has 2 aromatic carbocycles. The van der Waals surface area contributed by atoms with Crippen molar-refractivity contribution in [3.63, 3.8) is 0 Å². The molecule has 1 saturated heterocycles. The van der Waals surface area contributed by atoms with Crippen molar-refractivity contribution in [1.82, 2.24) is 20.1 Å². The number of aromatic nitrogens is 3. The first-order valence-corrected chi connectivity index (χ1v) is 10.9. The van der Waals surface area contributed by atoms with E-state index in [1.807, 2.05) is 23.1 Å². The average Bonchev–Trinajstić information content (AvgIpc) is 2.88. The molecule has 2 aromatic heterocycles. The zero-order chi connectivity index (χ0) is 23.7. The Bertz CT molecular complexity index is 1420. The number of H-pyrrole nitrogens is 1. The van der Waals surface area contributed by atoms with Crippen LogP contribution in [0.15, 0.2) is 65.6 Å². The third kappa shape index (κ3) is 4.12. The van der Waals surface area contributed by atoms with E-state index in [-0.39, 0.29) is 17.5 Å².